The first-order valence-electron chi connectivity index (χ1n) is 7.26. The Kier molecular flexibility index (Phi) is 4.96. The summed E-state index contributed by atoms with van der Waals surface area (Å²) in [6.07, 6.45) is 5.52. The third-order valence-corrected chi connectivity index (χ3v) is 5.72. The van der Waals surface area contributed by atoms with E-state index in [0.717, 1.165) is 10.9 Å². The van der Waals surface area contributed by atoms with Crippen LogP contribution in [-0.2, 0) is 6.42 Å². The second-order valence-corrected chi connectivity index (χ2v) is 7.56. The van der Waals surface area contributed by atoms with Gasteiger partial charge < -0.3 is 5.32 Å². The SMILES string of the molecule is CNC(c1cc(Br)ccc1I)C1CCCc2cccnc21. The first-order chi connectivity index (χ1) is 10.2. The van der Waals surface area contributed by atoms with Gasteiger partial charge in [0, 0.05) is 31.9 Å². The topological polar surface area (TPSA) is 24.9 Å². The summed E-state index contributed by atoms with van der Waals surface area (Å²) >= 11 is 6.03. The van der Waals surface area contributed by atoms with Crippen LogP contribution in [0.3, 0.4) is 0 Å². The van der Waals surface area contributed by atoms with Crippen LogP contribution in [0.15, 0.2) is 41.0 Å². The summed E-state index contributed by atoms with van der Waals surface area (Å²) in [5, 5.41) is 3.53. The predicted octanol–water partition coefficient (Wildman–Crippen LogP) is 4.83. The highest BCUT2D eigenvalue weighted by atomic mass is 127. The normalized spacial score (nSPS) is 19.1. The summed E-state index contributed by atoms with van der Waals surface area (Å²) in [7, 11) is 2.05. The molecule has 0 saturated heterocycles. The molecule has 0 radical (unpaired) electrons. The number of halogens is 2. The lowest BCUT2D eigenvalue weighted by Crippen LogP contribution is -2.28. The molecule has 1 aromatic carbocycles. The zero-order valence-electron chi connectivity index (χ0n) is 11.9. The molecular formula is C17H18BrIN2. The first kappa shape index (κ1) is 15.4. The van der Waals surface area contributed by atoms with Crippen molar-refractivity contribution in [3.8, 4) is 0 Å². The zero-order chi connectivity index (χ0) is 14.8. The van der Waals surface area contributed by atoms with Crippen LogP contribution in [0.1, 0.15) is 41.6 Å². The fourth-order valence-electron chi connectivity index (χ4n) is 3.30. The zero-order valence-corrected chi connectivity index (χ0v) is 15.7. The van der Waals surface area contributed by atoms with E-state index in [0.29, 0.717) is 12.0 Å². The molecule has 0 bridgehead atoms. The molecule has 1 aromatic heterocycles. The van der Waals surface area contributed by atoms with E-state index in [9.17, 15) is 0 Å². The van der Waals surface area contributed by atoms with Gasteiger partial charge >= 0.3 is 0 Å². The second-order valence-electron chi connectivity index (χ2n) is 5.48. The van der Waals surface area contributed by atoms with Crippen LogP contribution in [-0.4, -0.2) is 12.0 Å². The van der Waals surface area contributed by atoms with Crippen LogP contribution in [0, 0.1) is 3.57 Å². The number of rotatable bonds is 3. The van der Waals surface area contributed by atoms with Crippen molar-refractivity contribution >= 4 is 38.5 Å². The minimum atomic E-state index is 0.309. The van der Waals surface area contributed by atoms with E-state index in [1.165, 1.54) is 33.2 Å². The fourth-order valence-corrected chi connectivity index (χ4v) is 4.35. The number of fused-ring (bicyclic) bond motifs is 1. The van der Waals surface area contributed by atoms with Gasteiger partial charge in [0.2, 0.25) is 0 Å². The largest absolute Gasteiger partial charge is 0.312 e. The van der Waals surface area contributed by atoms with Gasteiger partial charge in [-0.2, -0.15) is 0 Å². The van der Waals surface area contributed by atoms with Crippen molar-refractivity contribution in [1.29, 1.82) is 0 Å². The maximum atomic E-state index is 4.69. The quantitative estimate of drug-likeness (QED) is 0.669. The van der Waals surface area contributed by atoms with E-state index in [1.807, 2.05) is 6.20 Å². The minimum absolute atomic E-state index is 0.309. The van der Waals surface area contributed by atoms with Gasteiger partial charge in [-0.05, 0) is 84.3 Å². The monoisotopic (exact) mass is 456 g/mol. The van der Waals surface area contributed by atoms with Crippen LogP contribution >= 0.6 is 38.5 Å². The fraction of sp³-hybridized carbons (Fsp3) is 0.353. The summed E-state index contributed by atoms with van der Waals surface area (Å²) in [5.41, 5.74) is 4.05. The highest BCUT2D eigenvalue weighted by Crippen LogP contribution is 2.40. The summed E-state index contributed by atoms with van der Waals surface area (Å²) in [6, 6.07) is 11.1. The van der Waals surface area contributed by atoms with Crippen molar-refractivity contribution < 1.29 is 0 Å². The highest BCUT2D eigenvalue weighted by Gasteiger charge is 2.30. The maximum absolute atomic E-state index is 4.69. The minimum Gasteiger partial charge on any atom is -0.312 e. The molecule has 1 N–H and O–H groups in total. The predicted molar refractivity (Wildman–Crippen MR) is 98.6 cm³/mol. The number of likely N-dealkylation sites (N-methyl/N-ethyl adjacent to an activating group) is 1. The first-order valence-corrected chi connectivity index (χ1v) is 9.14. The number of hydrogen-bond acceptors (Lipinski definition) is 2. The summed E-state index contributed by atoms with van der Waals surface area (Å²) in [6.45, 7) is 0. The van der Waals surface area contributed by atoms with Crippen molar-refractivity contribution in [3.63, 3.8) is 0 Å². The van der Waals surface area contributed by atoms with E-state index in [4.69, 9.17) is 4.98 Å². The number of benzene rings is 1. The number of nitrogens with zero attached hydrogens (tertiary/aromatic N) is 1. The van der Waals surface area contributed by atoms with Crippen LogP contribution in [0.2, 0.25) is 0 Å². The molecule has 3 rings (SSSR count). The lowest BCUT2D eigenvalue weighted by Gasteiger charge is -2.32. The number of aromatic nitrogens is 1. The molecule has 0 aliphatic heterocycles. The van der Waals surface area contributed by atoms with E-state index < -0.39 is 0 Å². The molecular weight excluding hydrogens is 439 g/mol. The molecule has 21 heavy (non-hydrogen) atoms. The van der Waals surface area contributed by atoms with Gasteiger partial charge in [-0.25, -0.2) is 0 Å². The van der Waals surface area contributed by atoms with Crippen molar-refractivity contribution in [2.24, 2.45) is 0 Å². The van der Waals surface area contributed by atoms with E-state index in [2.05, 4.69) is 81.2 Å². The average Bonchev–Trinajstić information content (AvgIpc) is 2.51. The highest BCUT2D eigenvalue weighted by molar-refractivity contribution is 14.1. The molecule has 0 saturated carbocycles. The molecule has 1 aliphatic rings. The number of aryl methyl sites for hydroxylation is 1. The van der Waals surface area contributed by atoms with Crippen molar-refractivity contribution in [1.82, 2.24) is 10.3 Å². The summed E-state index contributed by atoms with van der Waals surface area (Å²) in [5.74, 6) is 0.447. The number of nitrogens with one attached hydrogen (secondary N) is 1. The third kappa shape index (κ3) is 3.17. The van der Waals surface area contributed by atoms with Crippen molar-refractivity contribution in [3.05, 3.63) is 61.4 Å². The molecule has 2 unspecified atom stereocenters. The summed E-state index contributed by atoms with van der Waals surface area (Å²) in [4.78, 5) is 4.69. The molecule has 0 amide bonds. The molecule has 0 fully saturated rings. The Balaban J connectivity index is 2.03. The Morgan fingerprint density at radius 2 is 2.24 bits per heavy atom. The van der Waals surface area contributed by atoms with E-state index >= 15 is 0 Å². The van der Waals surface area contributed by atoms with Gasteiger partial charge in [0.25, 0.3) is 0 Å². The molecule has 110 valence electrons. The Labute approximate surface area is 148 Å². The lowest BCUT2D eigenvalue weighted by molar-refractivity contribution is 0.414. The Hall–Kier alpha value is -0.460. The lowest BCUT2D eigenvalue weighted by atomic mass is 9.79. The van der Waals surface area contributed by atoms with Crippen LogP contribution in [0.5, 0.6) is 0 Å². The average molecular weight is 457 g/mol. The standard InChI is InChI=1S/C17H18BrIN2/c1-20-17(14-10-12(18)7-8-15(14)19)13-6-2-4-11-5-3-9-21-16(11)13/h3,5,7-10,13,17,20H,2,4,6H2,1H3. The maximum Gasteiger partial charge on any atom is 0.0485 e. The van der Waals surface area contributed by atoms with Crippen molar-refractivity contribution in [2.75, 3.05) is 7.05 Å². The van der Waals surface area contributed by atoms with Crippen molar-refractivity contribution in [2.45, 2.75) is 31.2 Å². The molecule has 4 heteroatoms. The van der Waals surface area contributed by atoms with E-state index in [1.54, 1.807) is 0 Å². The molecule has 2 nitrogen and oxygen atoms in total. The van der Waals surface area contributed by atoms with Gasteiger partial charge in [-0.3, -0.25) is 4.98 Å². The molecule has 2 atom stereocenters. The van der Waals surface area contributed by atoms with Gasteiger partial charge in [-0.15, -0.1) is 0 Å². The van der Waals surface area contributed by atoms with E-state index in [-0.39, 0.29) is 0 Å². The Morgan fingerprint density at radius 3 is 3.05 bits per heavy atom. The van der Waals surface area contributed by atoms with Gasteiger partial charge in [-0.1, -0.05) is 22.0 Å². The molecule has 1 aliphatic carbocycles. The van der Waals surface area contributed by atoms with Crippen LogP contribution in [0.25, 0.3) is 0 Å². The Bertz CT molecular complexity index is 644. The summed E-state index contributed by atoms with van der Waals surface area (Å²) < 4.78 is 2.44. The number of pyridine rings is 1. The second kappa shape index (κ2) is 6.75. The molecule has 2 aromatic rings. The smallest absolute Gasteiger partial charge is 0.0485 e. The Morgan fingerprint density at radius 1 is 1.38 bits per heavy atom. The van der Waals surface area contributed by atoms with Crippen LogP contribution in [0.4, 0.5) is 0 Å². The van der Waals surface area contributed by atoms with Gasteiger partial charge in [0.05, 0.1) is 0 Å². The molecule has 1 heterocycles. The van der Waals surface area contributed by atoms with Crippen LogP contribution < -0.4 is 5.32 Å². The molecule has 0 spiro atoms. The van der Waals surface area contributed by atoms with Gasteiger partial charge in [0.15, 0.2) is 0 Å². The third-order valence-electron chi connectivity index (χ3n) is 4.25. The number of hydrogen-bond donors (Lipinski definition) is 1. The van der Waals surface area contributed by atoms with Gasteiger partial charge in [0.1, 0.15) is 0 Å².